The molecule has 0 unspecified atom stereocenters. The predicted octanol–water partition coefficient (Wildman–Crippen LogP) is 5.55. The Kier molecular flexibility index (Phi) is 9.22. The zero-order valence-corrected chi connectivity index (χ0v) is 20.7. The van der Waals surface area contributed by atoms with Crippen LogP contribution < -0.4 is 14.4 Å². The molecule has 0 saturated heterocycles. The molecule has 1 heterocycles. The van der Waals surface area contributed by atoms with Gasteiger partial charge in [0, 0.05) is 62.8 Å². The number of anilines is 2. The highest BCUT2D eigenvalue weighted by molar-refractivity contribution is 5.70. The highest BCUT2D eigenvalue weighted by atomic mass is 15.1. The van der Waals surface area contributed by atoms with Crippen LogP contribution in [0.5, 0.6) is 0 Å². The molecule has 3 rings (SSSR count). The SMILES string of the molecule is CN(CCC#N)c1ccc(/C=C/c2cccc(/C=C/c3ccc(N(C)CCC#N)cc3)[n+]2C)cc1. The van der Waals surface area contributed by atoms with E-state index in [0.29, 0.717) is 12.8 Å². The van der Waals surface area contributed by atoms with Crippen LogP contribution in [0.1, 0.15) is 35.4 Å². The zero-order chi connectivity index (χ0) is 25.0. The van der Waals surface area contributed by atoms with Crippen LogP contribution in [0.15, 0.2) is 66.7 Å². The van der Waals surface area contributed by atoms with Crippen LogP contribution in [0.2, 0.25) is 0 Å². The minimum Gasteiger partial charge on any atom is -0.374 e. The average Bonchev–Trinajstić information content (AvgIpc) is 2.89. The number of benzene rings is 2. The fourth-order valence-corrected chi connectivity index (χ4v) is 3.69. The van der Waals surface area contributed by atoms with E-state index in [9.17, 15) is 0 Å². The number of hydrogen-bond donors (Lipinski definition) is 0. The standard InChI is InChI=1S/C30H32N5/c1-33(23-5-21-31)27-15-9-25(10-16-27)13-19-29-7-4-8-30(35(29)3)20-14-26-11-17-28(18-12-26)34(2)24-6-22-32/h4,7-20H,5-6,23-24H2,1-3H3/q+1. The van der Waals surface area contributed by atoms with E-state index < -0.39 is 0 Å². The van der Waals surface area contributed by atoms with E-state index >= 15 is 0 Å². The quantitative estimate of drug-likeness (QED) is 0.371. The van der Waals surface area contributed by atoms with Gasteiger partial charge < -0.3 is 9.80 Å². The second-order valence-electron chi connectivity index (χ2n) is 8.44. The van der Waals surface area contributed by atoms with E-state index in [1.54, 1.807) is 0 Å². The number of hydrogen-bond acceptors (Lipinski definition) is 4. The van der Waals surface area contributed by atoms with Crippen LogP contribution in [0, 0.1) is 22.7 Å². The van der Waals surface area contributed by atoms with Crippen LogP contribution in [-0.4, -0.2) is 27.2 Å². The van der Waals surface area contributed by atoms with E-state index in [1.165, 1.54) is 0 Å². The Morgan fingerprint density at radius 1 is 0.657 bits per heavy atom. The topological polar surface area (TPSA) is 57.9 Å². The molecule has 0 aliphatic rings. The summed E-state index contributed by atoms with van der Waals surface area (Å²) < 4.78 is 2.17. The molecule has 3 aromatic rings. The third-order valence-electron chi connectivity index (χ3n) is 5.99. The van der Waals surface area contributed by atoms with Gasteiger partial charge >= 0.3 is 0 Å². The molecule has 176 valence electrons. The molecule has 0 radical (unpaired) electrons. The first-order valence-corrected chi connectivity index (χ1v) is 11.7. The van der Waals surface area contributed by atoms with Crippen molar-refractivity contribution in [2.75, 3.05) is 37.0 Å². The molecule has 0 saturated carbocycles. The van der Waals surface area contributed by atoms with Gasteiger partial charge in [-0.3, -0.25) is 0 Å². The van der Waals surface area contributed by atoms with Crippen molar-refractivity contribution in [2.45, 2.75) is 12.8 Å². The van der Waals surface area contributed by atoms with Crippen molar-refractivity contribution in [1.82, 2.24) is 0 Å². The molecule has 35 heavy (non-hydrogen) atoms. The summed E-state index contributed by atoms with van der Waals surface area (Å²) in [7, 11) is 6.08. The molecule has 5 heteroatoms. The van der Waals surface area contributed by atoms with Gasteiger partial charge in [0.05, 0.1) is 25.0 Å². The Morgan fingerprint density at radius 3 is 1.43 bits per heavy atom. The smallest absolute Gasteiger partial charge is 0.205 e. The third-order valence-corrected chi connectivity index (χ3v) is 5.99. The summed E-state index contributed by atoms with van der Waals surface area (Å²) >= 11 is 0. The van der Waals surface area contributed by atoms with Crippen molar-refractivity contribution in [3.63, 3.8) is 0 Å². The van der Waals surface area contributed by atoms with E-state index in [1.807, 2.05) is 14.1 Å². The molecule has 0 N–H and O–H groups in total. The fraction of sp³-hybridized carbons (Fsp3) is 0.233. The maximum atomic E-state index is 8.77. The molecule has 0 aliphatic carbocycles. The molecule has 1 aromatic heterocycles. The number of pyridine rings is 1. The maximum Gasteiger partial charge on any atom is 0.205 e. The van der Waals surface area contributed by atoms with Gasteiger partial charge in [0.15, 0.2) is 0 Å². The highest BCUT2D eigenvalue weighted by Crippen LogP contribution is 2.17. The Balaban J connectivity index is 1.67. The van der Waals surface area contributed by atoms with Crippen molar-refractivity contribution < 1.29 is 4.57 Å². The normalized spacial score (nSPS) is 10.9. The second kappa shape index (κ2) is 12.8. The molecule has 0 amide bonds. The number of nitrogens with zero attached hydrogens (tertiary/aromatic N) is 5. The first-order chi connectivity index (χ1) is 17.0. The van der Waals surface area contributed by atoms with Gasteiger partial charge in [-0.2, -0.15) is 15.1 Å². The van der Waals surface area contributed by atoms with E-state index in [0.717, 1.165) is 47.0 Å². The van der Waals surface area contributed by atoms with Crippen molar-refractivity contribution in [3.8, 4) is 12.1 Å². The second-order valence-corrected chi connectivity index (χ2v) is 8.44. The van der Waals surface area contributed by atoms with Crippen LogP contribution >= 0.6 is 0 Å². The van der Waals surface area contributed by atoms with Crippen LogP contribution in [0.3, 0.4) is 0 Å². The van der Waals surface area contributed by atoms with Gasteiger partial charge in [-0.05, 0) is 53.6 Å². The first-order valence-electron chi connectivity index (χ1n) is 11.7. The average molecular weight is 463 g/mol. The molecule has 0 fully saturated rings. The Bertz CT molecular complexity index is 1150. The van der Waals surface area contributed by atoms with Gasteiger partial charge in [-0.25, -0.2) is 0 Å². The van der Waals surface area contributed by atoms with Crippen molar-refractivity contribution in [2.24, 2.45) is 7.05 Å². The van der Waals surface area contributed by atoms with Gasteiger partial charge in [0.2, 0.25) is 11.4 Å². The number of aromatic nitrogens is 1. The van der Waals surface area contributed by atoms with Crippen molar-refractivity contribution >= 4 is 35.7 Å². The molecular formula is C30H32N5+. The highest BCUT2D eigenvalue weighted by Gasteiger charge is 2.07. The predicted molar refractivity (Wildman–Crippen MR) is 145 cm³/mol. The molecule has 0 aliphatic heterocycles. The molecule has 0 spiro atoms. The van der Waals surface area contributed by atoms with E-state index in [-0.39, 0.29) is 0 Å². The lowest BCUT2D eigenvalue weighted by molar-refractivity contribution is -0.675. The van der Waals surface area contributed by atoms with Gasteiger partial charge in [0.1, 0.15) is 7.05 Å². The molecular weight excluding hydrogens is 430 g/mol. The minimum atomic E-state index is 0.519. The van der Waals surface area contributed by atoms with Crippen LogP contribution in [-0.2, 0) is 7.05 Å². The van der Waals surface area contributed by atoms with Crippen LogP contribution in [0.25, 0.3) is 24.3 Å². The first kappa shape index (κ1) is 25.3. The van der Waals surface area contributed by atoms with Gasteiger partial charge in [-0.1, -0.05) is 24.3 Å². The lowest BCUT2D eigenvalue weighted by Crippen LogP contribution is -2.35. The van der Waals surface area contributed by atoms with Gasteiger partial charge in [-0.15, -0.1) is 0 Å². The summed E-state index contributed by atoms with van der Waals surface area (Å²) in [5, 5.41) is 17.5. The monoisotopic (exact) mass is 462 g/mol. The Labute approximate surface area is 209 Å². The summed E-state index contributed by atoms with van der Waals surface area (Å²) in [6.45, 7) is 1.46. The molecule has 0 bridgehead atoms. The number of rotatable bonds is 10. The van der Waals surface area contributed by atoms with Crippen molar-refractivity contribution in [3.05, 3.63) is 89.2 Å². The van der Waals surface area contributed by atoms with E-state index in [2.05, 4.69) is 125 Å². The lowest BCUT2D eigenvalue weighted by atomic mass is 10.1. The maximum absolute atomic E-state index is 8.77. The Morgan fingerprint density at radius 2 is 1.06 bits per heavy atom. The summed E-state index contributed by atoms with van der Waals surface area (Å²) in [5.74, 6) is 0. The zero-order valence-electron chi connectivity index (χ0n) is 20.7. The largest absolute Gasteiger partial charge is 0.374 e. The Hall–Kier alpha value is -4.35. The summed E-state index contributed by atoms with van der Waals surface area (Å²) in [6, 6.07) is 27.4. The molecule has 5 nitrogen and oxygen atoms in total. The summed E-state index contributed by atoms with van der Waals surface area (Å²) in [4.78, 5) is 4.18. The third kappa shape index (κ3) is 7.32. The fourth-order valence-electron chi connectivity index (χ4n) is 3.69. The van der Waals surface area contributed by atoms with Crippen molar-refractivity contribution in [1.29, 1.82) is 10.5 Å². The summed E-state index contributed by atoms with van der Waals surface area (Å²) in [5.41, 5.74) is 6.69. The minimum absolute atomic E-state index is 0.519. The lowest BCUT2D eigenvalue weighted by Gasteiger charge is -2.17. The molecule has 2 aromatic carbocycles. The molecule has 0 atom stereocenters. The van der Waals surface area contributed by atoms with Crippen LogP contribution in [0.4, 0.5) is 11.4 Å². The van der Waals surface area contributed by atoms with Gasteiger partial charge in [0.25, 0.3) is 0 Å². The summed E-state index contributed by atoms with van der Waals surface area (Å²) in [6.07, 6.45) is 9.51. The van der Waals surface area contributed by atoms with E-state index in [4.69, 9.17) is 10.5 Å². The number of nitriles is 2.